The predicted molar refractivity (Wildman–Crippen MR) is 133 cm³/mol. The lowest BCUT2D eigenvalue weighted by atomic mass is 10.1. The summed E-state index contributed by atoms with van der Waals surface area (Å²) in [6, 6.07) is 2.13. The number of piperidine rings is 1. The topological polar surface area (TPSA) is 89.5 Å². The number of aromatic nitrogens is 3. The molecule has 10 heteroatoms. The first-order valence-corrected chi connectivity index (χ1v) is 12.5. The van der Waals surface area contributed by atoms with E-state index in [1.54, 1.807) is 11.3 Å². The number of piperazine rings is 1. The van der Waals surface area contributed by atoms with Crippen molar-refractivity contribution < 1.29 is 4.79 Å². The summed E-state index contributed by atoms with van der Waals surface area (Å²) >= 11 is 1.60. The van der Waals surface area contributed by atoms with Gasteiger partial charge in [-0.25, -0.2) is 9.97 Å². The van der Waals surface area contributed by atoms with Crippen molar-refractivity contribution in [3.8, 4) is 0 Å². The molecule has 0 bridgehead atoms. The summed E-state index contributed by atoms with van der Waals surface area (Å²) in [5, 5.41) is 7.64. The maximum absolute atomic E-state index is 12.1. The highest BCUT2D eigenvalue weighted by Gasteiger charge is 2.23. The molecule has 2 fully saturated rings. The molecule has 1 unspecified atom stereocenters. The molecule has 2 N–H and O–H groups in total. The number of aryl methyl sites for hydroxylation is 1. The second-order valence-electron chi connectivity index (χ2n) is 8.65. The molecule has 0 aromatic carbocycles. The lowest BCUT2D eigenvalue weighted by Gasteiger charge is -2.34. The Hall–Kier alpha value is -2.56. The highest BCUT2D eigenvalue weighted by molar-refractivity contribution is 7.15. The maximum Gasteiger partial charge on any atom is 0.246 e. The fraction of sp³-hybridized carbons (Fsp3) is 0.565. The standard InChI is InChI=1S/C23H34N8OS/c1-4-21(32)31-8-6-7-18(16-31)25-22-26-19(15-30-11-9-29(5-2)10-12-30)13-20(27-22)28-23-24-14-17(3)33-23/h4,13-14,18H,1,5-12,15-16H2,2-3H3,(H2,24,25,26,27,28). The van der Waals surface area contributed by atoms with E-state index in [2.05, 4.69) is 38.9 Å². The molecule has 1 atom stereocenters. The predicted octanol–water partition coefficient (Wildman–Crippen LogP) is 2.71. The van der Waals surface area contributed by atoms with Crippen molar-refractivity contribution in [1.82, 2.24) is 29.7 Å². The van der Waals surface area contributed by atoms with Gasteiger partial charge in [-0.1, -0.05) is 13.5 Å². The zero-order valence-corrected chi connectivity index (χ0v) is 20.4. The zero-order valence-electron chi connectivity index (χ0n) is 19.6. The molecule has 1 amide bonds. The van der Waals surface area contributed by atoms with E-state index in [4.69, 9.17) is 9.97 Å². The number of likely N-dealkylation sites (N-methyl/N-ethyl adjacent to an activating group) is 1. The Morgan fingerprint density at radius 3 is 2.73 bits per heavy atom. The molecule has 2 saturated heterocycles. The van der Waals surface area contributed by atoms with Crippen LogP contribution in [0.1, 0.15) is 30.3 Å². The number of carbonyl (C=O) groups is 1. The molecule has 4 rings (SSSR count). The summed E-state index contributed by atoms with van der Waals surface area (Å²) in [6.07, 6.45) is 5.16. The number of rotatable bonds is 8. The molecule has 178 valence electrons. The number of hydrogen-bond acceptors (Lipinski definition) is 9. The van der Waals surface area contributed by atoms with E-state index in [9.17, 15) is 4.79 Å². The number of carbonyl (C=O) groups excluding carboxylic acids is 1. The fourth-order valence-corrected chi connectivity index (χ4v) is 5.00. The van der Waals surface area contributed by atoms with E-state index >= 15 is 0 Å². The van der Waals surface area contributed by atoms with E-state index in [-0.39, 0.29) is 11.9 Å². The summed E-state index contributed by atoms with van der Waals surface area (Å²) in [5.74, 6) is 1.30. The number of hydrogen-bond donors (Lipinski definition) is 2. The quantitative estimate of drug-likeness (QED) is 0.570. The molecule has 0 aliphatic carbocycles. The van der Waals surface area contributed by atoms with Gasteiger partial charge >= 0.3 is 0 Å². The van der Waals surface area contributed by atoms with Crippen molar-refractivity contribution in [3.05, 3.63) is 35.5 Å². The van der Waals surface area contributed by atoms with Crippen molar-refractivity contribution in [2.75, 3.05) is 56.4 Å². The minimum Gasteiger partial charge on any atom is -0.350 e. The largest absolute Gasteiger partial charge is 0.350 e. The smallest absolute Gasteiger partial charge is 0.246 e. The van der Waals surface area contributed by atoms with Crippen molar-refractivity contribution in [3.63, 3.8) is 0 Å². The van der Waals surface area contributed by atoms with Gasteiger partial charge in [-0.05, 0) is 32.4 Å². The minimum absolute atomic E-state index is 0.0242. The van der Waals surface area contributed by atoms with Crippen LogP contribution < -0.4 is 10.6 Å². The molecule has 2 aromatic rings. The van der Waals surface area contributed by atoms with E-state index in [1.165, 1.54) is 6.08 Å². The molecule has 0 saturated carbocycles. The van der Waals surface area contributed by atoms with Crippen LogP contribution in [-0.2, 0) is 11.3 Å². The van der Waals surface area contributed by atoms with Crippen LogP contribution in [0.4, 0.5) is 16.9 Å². The van der Waals surface area contributed by atoms with Gasteiger partial charge in [-0.15, -0.1) is 11.3 Å². The summed E-state index contributed by atoms with van der Waals surface area (Å²) in [4.78, 5) is 33.9. The Balaban J connectivity index is 1.49. The molecular weight excluding hydrogens is 436 g/mol. The van der Waals surface area contributed by atoms with Gasteiger partial charge in [0.25, 0.3) is 0 Å². The fourth-order valence-electron chi connectivity index (χ4n) is 4.33. The average Bonchev–Trinajstić information content (AvgIpc) is 3.23. The van der Waals surface area contributed by atoms with Crippen LogP contribution >= 0.6 is 11.3 Å². The number of amides is 1. The first-order chi connectivity index (χ1) is 16.0. The second kappa shape index (κ2) is 11.0. The van der Waals surface area contributed by atoms with Crippen LogP contribution in [0.25, 0.3) is 0 Å². The van der Waals surface area contributed by atoms with Crippen LogP contribution in [0.5, 0.6) is 0 Å². The van der Waals surface area contributed by atoms with Crippen molar-refractivity contribution in [1.29, 1.82) is 0 Å². The number of anilines is 3. The van der Waals surface area contributed by atoms with Gasteiger partial charge in [0.2, 0.25) is 11.9 Å². The summed E-state index contributed by atoms with van der Waals surface area (Å²) < 4.78 is 0. The average molecular weight is 471 g/mol. The summed E-state index contributed by atoms with van der Waals surface area (Å²) in [6.45, 7) is 15.4. The van der Waals surface area contributed by atoms with Crippen LogP contribution in [0.15, 0.2) is 24.9 Å². The van der Waals surface area contributed by atoms with Crippen LogP contribution in [-0.4, -0.2) is 87.4 Å². The van der Waals surface area contributed by atoms with Gasteiger partial charge in [0, 0.05) is 69.0 Å². The molecule has 2 aliphatic rings. The maximum atomic E-state index is 12.1. The van der Waals surface area contributed by atoms with E-state index in [1.807, 2.05) is 24.1 Å². The van der Waals surface area contributed by atoms with Gasteiger partial charge < -0.3 is 20.4 Å². The molecule has 0 spiro atoms. The number of nitrogens with one attached hydrogen (secondary N) is 2. The molecule has 2 aromatic heterocycles. The second-order valence-corrected chi connectivity index (χ2v) is 9.89. The Bertz CT molecular complexity index is 956. The Kier molecular flexibility index (Phi) is 7.89. The SMILES string of the molecule is C=CC(=O)N1CCCC(Nc2nc(CN3CCN(CC)CC3)cc(Nc3ncc(C)s3)n2)C1. The normalized spacial score (nSPS) is 19.9. The summed E-state index contributed by atoms with van der Waals surface area (Å²) in [5.41, 5.74) is 0.975. The van der Waals surface area contributed by atoms with Crippen molar-refractivity contribution in [2.24, 2.45) is 0 Å². The monoisotopic (exact) mass is 470 g/mol. The van der Waals surface area contributed by atoms with E-state index < -0.39 is 0 Å². The lowest BCUT2D eigenvalue weighted by molar-refractivity contribution is -0.127. The van der Waals surface area contributed by atoms with E-state index in [0.29, 0.717) is 12.5 Å². The van der Waals surface area contributed by atoms with Gasteiger partial charge in [-0.2, -0.15) is 4.98 Å². The molecule has 4 heterocycles. The number of thiazole rings is 1. The highest BCUT2D eigenvalue weighted by atomic mass is 32.1. The number of likely N-dealkylation sites (tertiary alicyclic amines) is 1. The third kappa shape index (κ3) is 6.49. The van der Waals surface area contributed by atoms with Crippen molar-refractivity contribution in [2.45, 2.75) is 39.3 Å². The van der Waals surface area contributed by atoms with Gasteiger partial charge in [-0.3, -0.25) is 9.69 Å². The van der Waals surface area contributed by atoms with Gasteiger partial charge in [0.15, 0.2) is 5.13 Å². The van der Waals surface area contributed by atoms with Crippen LogP contribution in [0.2, 0.25) is 0 Å². The molecular formula is C23H34N8OS. The highest BCUT2D eigenvalue weighted by Crippen LogP contribution is 2.23. The molecule has 2 aliphatic heterocycles. The minimum atomic E-state index is -0.0242. The number of nitrogens with zero attached hydrogens (tertiary/aromatic N) is 6. The Labute approximate surface area is 199 Å². The molecule has 0 radical (unpaired) electrons. The summed E-state index contributed by atoms with van der Waals surface area (Å²) in [7, 11) is 0. The molecule has 9 nitrogen and oxygen atoms in total. The van der Waals surface area contributed by atoms with Crippen LogP contribution in [0, 0.1) is 6.92 Å². The third-order valence-corrected chi connectivity index (χ3v) is 7.00. The molecule has 33 heavy (non-hydrogen) atoms. The Morgan fingerprint density at radius 1 is 1.24 bits per heavy atom. The van der Waals surface area contributed by atoms with E-state index in [0.717, 1.165) is 80.2 Å². The van der Waals surface area contributed by atoms with Crippen LogP contribution in [0.3, 0.4) is 0 Å². The van der Waals surface area contributed by atoms with Gasteiger partial charge in [0.05, 0.1) is 5.69 Å². The lowest BCUT2D eigenvalue weighted by Crippen LogP contribution is -2.45. The first-order valence-electron chi connectivity index (χ1n) is 11.7. The Morgan fingerprint density at radius 2 is 2.03 bits per heavy atom. The van der Waals surface area contributed by atoms with Crippen molar-refractivity contribution >= 4 is 34.1 Å². The third-order valence-electron chi connectivity index (χ3n) is 6.17. The van der Waals surface area contributed by atoms with Gasteiger partial charge in [0.1, 0.15) is 5.82 Å². The first kappa shape index (κ1) is 23.6. The zero-order chi connectivity index (χ0) is 23.2.